The Bertz CT molecular complexity index is 628. The summed E-state index contributed by atoms with van der Waals surface area (Å²) < 4.78 is 5.47. The number of rotatable bonds is 6. The van der Waals surface area contributed by atoms with E-state index < -0.39 is 0 Å². The summed E-state index contributed by atoms with van der Waals surface area (Å²) in [4.78, 5) is 11.9. The second-order valence-corrected chi connectivity index (χ2v) is 5.75. The highest BCUT2D eigenvalue weighted by Gasteiger charge is 2.09. The van der Waals surface area contributed by atoms with Crippen LogP contribution in [0.25, 0.3) is 0 Å². The Morgan fingerprint density at radius 1 is 1.23 bits per heavy atom. The van der Waals surface area contributed by atoms with Gasteiger partial charge >= 0.3 is 0 Å². The van der Waals surface area contributed by atoms with Crippen molar-refractivity contribution in [3.8, 4) is 5.75 Å². The van der Waals surface area contributed by atoms with E-state index in [1.165, 1.54) is 5.56 Å². The number of hydrogen-bond donors (Lipinski definition) is 1. The number of nitrogens with one attached hydrogen (secondary N) is 1. The van der Waals surface area contributed by atoms with Crippen molar-refractivity contribution in [3.05, 3.63) is 64.7 Å². The van der Waals surface area contributed by atoms with E-state index in [0.717, 1.165) is 5.56 Å². The molecule has 1 atom stereocenters. The van der Waals surface area contributed by atoms with Crippen molar-refractivity contribution in [1.29, 1.82) is 0 Å². The molecular weight excluding hydrogens is 298 g/mol. The van der Waals surface area contributed by atoms with Gasteiger partial charge in [-0.3, -0.25) is 4.79 Å². The fourth-order valence-corrected chi connectivity index (χ4v) is 2.25. The van der Waals surface area contributed by atoms with Gasteiger partial charge in [-0.1, -0.05) is 54.9 Å². The van der Waals surface area contributed by atoms with Crippen LogP contribution in [0, 0.1) is 6.92 Å². The molecular formula is C18H20ClNO2. The maximum absolute atomic E-state index is 11.9. The third-order valence-electron chi connectivity index (χ3n) is 3.42. The van der Waals surface area contributed by atoms with E-state index in [-0.39, 0.29) is 18.4 Å². The van der Waals surface area contributed by atoms with Crippen LogP contribution >= 0.6 is 11.6 Å². The standard InChI is InChI=1S/C18H20ClNO2/c1-13-8-9-16(19)17(10-13)22-12-18(21)20-11-14(2)15-6-4-3-5-7-15/h3-10,14H,11-12H2,1-2H3,(H,20,21)/t14-/m1/s1. The number of benzene rings is 2. The van der Waals surface area contributed by atoms with E-state index in [9.17, 15) is 4.79 Å². The van der Waals surface area contributed by atoms with Crippen LogP contribution in [0.5, 0.6) is 5.75 Å². The molecule has 0 aliphatic rings. The molecule has 0 aliphatic carbocycles. The topological polar surface area (TPSA) is 38.3 Å². The number of amides is 1. The van der Waals surface area contributed by atoms with Gasteiger partial charge in [-0.2, -0.15) is 0 Å². The van der Waals surface area contributed by atoms with Gasteiger partial charge in [0.1, 0.15) is 5.75 Å². The molecule has 0 heterocycles. The van der Waals surface area contributed by atoms with Crippen LogP contribution in [-0.2, 0) is 4.79 Å². The lowest BCUT2D eigenvalue weighted by Crippen LogP contribution is -2.31. The summed E-state index contributed by atoms with van der Waals surface area (Å²) in [7, 11) is 0. The van der Waals surface area contributed by atoms with Crippen LogP contribution in [-0.4, -0.2) is 19.1 Å². The van der Waals surface area contributed by atoms with Gasteiger partial charge in [-0.15, -0.1) is 0 Å². The van der Waals surface area contributed by atoms with Gasteiger partial charge in [-0.25, -0.2) is 0 Å². The summed E-state index contributed by atoms with van der Waals surface area (Å²) in [6.07, 6.45) is 0. The number of aryl methyl sites for hydroxylation is 1. The molecule has 0 aromatic heterocycles. The zero-order chi connectivity index (χ0) is 15.9. The second kappa shape index (κ2) is 7.85. The quantitative estimate of drug-likeness (QED) is 0.876. The van der Waals surface area contributed by atoms with Gasteiger partial charge in [0.05, 0.1) is 5.02 Å². The molecule has 0 unspecified atom stereocenters. The first-order chi connectivity index (χ1) is 10.6. The number of halogens is 1. The molecule has 0 saturated heterocycles. The molecule has 0 saturated carbocycles. The Morgan fingerprint density at radius 2 is 1.95 bits per heavy atom. The maximum Gasteiger partial charge on any atom is 0.257 e. The Labute approximate surface area is 136 Å². The van der Waals surface area contributed by atoms with Gasteiger partial charge < -0.3 is 10.1 Å². The Hall–Kier alpha value is -2.00. The third-order valence-corrected chi connectivity index (χ3v) is 3.73. The lowest BCUT2D eigenvalue weighted by Gasteiger charge is -2.14. The van der Waals surface area contributed by atoms with Gasteiger partial charge in [0, 0.05) is 6.54 Å². The highest BCUT2D eigenvalue weighted by Crippen LogP contribution is 2.25. The van der Waals surface area contributed by atoms with Crippen LogP contribution in [0.2, 0.25) is 5.02 Å². The van der Waals surface area contributed by atoms with Crippen LogP contribution in [0.4, 0.5) is 0 Å². The van der Waals surface area contributed by atoms with Crippen LogP contribution in [0.3, 0.4) is 0 Å². The summed E-state index contributed by atoms with van der Waals surface area (Å²) in [6.45, 7) is 4.57. The first kappa shape index (κ1) is 16.4. The molecule has 0 spiro atoms. The van der Waals surface area contributed by atoms with Crippen molar-refractivity contribution in [2.24, 2.45) is 0 Å². The van der Waals surface area contributed by atoms with Gasteiger partial charge in [-0.05, 0) is 36.1 Å². The molecule has 0 bridgehead atoms. The lowest BCUT2D eigenvalue weighted by molar-refractivity contribution is -0.123. The first-order valence-electron chi connectivity index (χ1n) is 7.27. The Kier molecular flexibility index (Phi) is 5.84. The third kappa shape index (κ3) is 4.78. The molecule has 0 fully saturated rings. The van der Waals surface area contributed by atoms with Crippen molar-refractivity contribution in [1.82, 2.24) is 5.32 Å². The normalized spacial score (nSPS) is 11.8. The van der Waals surface area contributed by atoms with Gasteiger partial charge in [0.15, 0.2) is 6.61 Å². The lowest BCUT2D eigenvalue weighted by atomic mass is 10.0. The summed E-state index contributed by atoms with van der Waals surface area (Å²) in [6, 6.07) is 15.6. The minimum absolute atomic E-state index is 0.0370. The van der Waals surface area contributed by atoms with E-state index in [2.05, 4.69) is 24.4 Å². The predicted molar refractivity (Wildman–Crippen MR) is 89.6 cm³/mol. The molecule has 2 aromatic rings. The summed E-state index contributed by atoms with van der Waals surface area (Å²) >= 11 is 6.03. The van der Waals surface area contributed by atoms with Crippen LogP contribution in [0.15, 0.2) is 48.5 Å². The molecule has 0 radical (unpaired) electrons. The van der Waals surface area contributed by atoms with Crippen molar-refractivity contribution < 1.29 is 9.53 Å². The number of carbonyl (C=O) groups excluding carboxylic acids is 1. The van der Waals surface area contributed by atoms with Gasteiger partial charge in [0.25, 0.3) is 5.91 Å². The second-order valence-electron chi connectivity index (χ2n) is 5.34. The van der Waals surface area contributed by atoms with Crippen LogP contribution < -0.4 is 10.1 Å². The van der Waals surface area contributed by atoms with Gasteiger partial charge in [0.2, 0.25) is 0 Å². The molecule has 22 heavy (non-hydrogen) atoms. The van der Waals surface area contributed by atoms with E-state index in [1.807, 2.05) is 37.3 Å². The number of carbonyl (C=O) groups is 1. The Balaban J connectivity index is 1.80. The highest BCUT2D eigenvalue weighted by atomic mass is 35.5. The SMILES string of the molecule is Cc1ccc(Cl)c(OCC(=O)NC[C@@H](C)c2ccccc2)c1. The average molecular weight is 318 g/mol. The molecule has 0 aliphatic heterocycles. The zero-order valence-corrected chi connectivity index (χ0v) is 13.6. The number of ether oxygens (including phenoxy) is 1. The van der Waals surface area contributed by atoms with E-state index in [0.29, 0.717) is 17.3 Å². The minimum atomic E-state index is -0.152. The molecule has 2 rings (SSSR count). The summed E-state index contributed by atoms with van der Waals surface area (Å²) in [5, 5.41) is 3.39. The van der Waals surface area contributed by atoms with Crippen LogP contribution in [0.1, 0.15) is 24.0 Å². The highest BCUT2D eigenvalue weighted by molar-refractivity contribution is 6.32. The summed E-state index contributed by atoms with van der Waals surface area (Å²) in [5.74, 6) is 0.640. The summed E-state index contributed by atoms with van der Waals surface area (Å²) in [5.41, 5.74) is 2.24. The Morgan fingerprint density at radius 3 is 2.68 bits per heavy atom. The molecule has 116 valence electrons. The molecule has 4 heteroatoms. The molecule has 1 amide bonds. The fourth-order valence-electron chi connectivity index (χ4n) is 2.08. The largest absolute Gasteiger partial charge is 0.482 e. The monoisotopic (exact) mass is 317 g/mol. The fraction of sp³-hybridized carbons (Fsp3) is 0.278. The van der Waals surface area contributed by atoms with E-state index >= 15 is 0 Å². The van der Waals surface area contributed by atoms with E-state index in [4.69, 9.17) is 16.3 Å². The van der Waals surface area contributed by atoms with Crippen molar-refractivity contribution in [2.75, 3.05) is 13.2 Å². The molecule has 2 aromatic carbocycles. The maximum atomic E-state index is 11.9. The minimum Gasteiger partial charge on any atom is -0.482 e. The molecule has 3 nitrogen and oxygen atoms in total. The molecule has 1 N–H and O–H groups in total. The number of hydrogen-bond acceptors (Lipinski definition) is 2. The average Bonchev–Trinajstić information content (AvgIpc) is 2.54. The first-order valence-corrected chi connectivity index (χ1v) is 7.64. The van der Waals surface area contributed by atoms with Crippen molar-refractivity contribution in [3.63, 3.8) is 0 Å². The predicted octanol–water partition coefficient (Wildman–Crippen LogP) is 3.95. The van der Waals surface area contributed by atoms with E-state index in [1.54, 1.807) is 6.07 Å². The van der Waals surface area contributed by atoms with Crippen molar-refractivity contribution >= 4 is 17.5 Å². The zero-order valence-electron chi connectivity index (χ0n) is 12.8. The van der Waals surface area contributed by atoms with Crippen molar-refractivity contribution in [2.45, 2.75) is 19.8 Å². The smallest absolute Gasteiger partial charge is 0.257 e.